The van der Waals surface area contributed by atoms with E-state index < -0.39 is 0 Å². The third-order valence-electron chi connectivity index (χ3n) is 4.05. The van der Waals surface area contributed by atoms with E-state index in [4.69, 9.17) is 4.74 Å². The molecule has 0 radical (unpaired) electrons. The first-order valence-electron chi connectivity index (χ1n) is 7.53. The number of hydrogen-bond acceptors (Lipinski definition) is 2. The molecule has 3 nitrogen and oxygen atoms in total. The van der Waals surface area contributed by atoms with Crippen molar-refractivity contribution in [1.29, 1.82) is 0 Å². The number of ether oxygens (including phenoxy) is 1. The Morgan fingerprint density at radius 2 is 1.61 bits per heavy atom. The van der Waals surface area contributed by atoms with Crippen LogP contribution >= 0.6 is 0 Å². The number of esters is 1. The summed E-state index contributed by atoms with van der Waals surface area (Å²) in [5, 5.41) is 3.14. The average Bonchev–Trinajstić information content (AvgIpc) is 3.04. The third-order valence-corrected chi connectivity index (χ3v) is 4.05. The van der Waals surface area contributed by atoms with Gasteiger partial charge in [-0.2, -0.15) is 0 Å². The number of hydrogen-bond donors (Lipinski definition) is 1. The molecule has 0 spiro atoms. The number of fused-ring (bicyclic) bond motifs is 2. The molecule has 4 aromatic rings. The van der Waals surface area contributed by atoms with Gasteiger partial charge in [0.2, 0.25) is 0 Å². The second-order valence-electron chi connectivity index (χ2n) is 5.46. The van der Waals surface area contributed by atoms with Crippen LogP contribution in [-0.2, 0) is 11.3 Å². The highest BCUT2D eigenvalue weighted by Gasteiger charge is 2.13. The SMILES string of the molecule is O=C(OCc1cccc2ccccc12)c1c[nH]c2ccccc12. The molecular weight excluding hydrogens is 286 g/mol. The summed E-state index contributed by atoms with van der Waals surface area (Å²) in [6, 6.07) is 21.8. The van der Waals surface area contributed by atoms with E-state index in [1.54, 1.807) is 6.20 Å². The van der Waals surface area contributed by atoms with Crippen molar-refractivity contribution in [2.75, 3.05) is 0 Å². The molecule has 0 atom stereocenters. The summed E-state index contributed by atoms with van der Waals surface area (Å²) in [5.74, 6) is -0.310. The van der Waals surface area contributed by atoms with Crippen molar-refractivity contribution in [2.45, 2.75) is 6.61 Å². The normalized spacial score (nSPS) is 11.0. The van der Waals surface area contributed by atoms with Gasteiger partial charge in [0.15, 0.2) is 0 Å². The molecule has 1 heterocycles. The molecule has 0 saturated carbocycles. The summed E-state index contributed by atoms with van der Waals surface area (Å²) in [7, 11) is 0. The van der Waals surface area contributed by atoms with E-state index in [0.29, 0.717) is 5.56 Å². The third kappa shape index (κ3) is 2.46. The van der Waals surface area contributed by atoms with Gasteiger partial charge in [-0.15, -0.1) is 0 Å². The van der Waals surface area contributed by atoms with Crippen LogP contribution in [0.1, 0.15) is 15.9 Å². The molecule has 1 aromatic heterocycles. The van der Waals surface area contributed by atoms with Crippen molar-refractivity contribution in [1.82, 2.24) is 4.98 Å². The number of rotatable bonds is 3. The second kappa shape index (κ2) is 5.61. The summed E-state index contributed by atoms with van der Waals surface area (Å²) in [5.41, 5.74) is 2.52. The van der Waals surface area contributed by atoms with Gasteiger partial charge >= 0.3 is 5.97 Å². The van der Waals surface area contributed by atoms with E-state index in [0.717, 1.165) is 27.2 Å². The number of para-hydroxylation sites is 1. The van der Waals surface area contributed by atoms with Gasteiger partial charge in [0, 0.05) is 17.1 Å². The molecule has 0 amide bonds. The first kappa shape index (κ1) is 13.6. The van der Waals surface area contributed by atoms with Gasteiger partial charge in [-0.3, -0.25) is 0 Å². The van der Waals surface area contributed by atoms with Crippen LogP contribution in [0, 0.1) is 0 Å². The number of aromatic nitrogens is 1. The Hall–Kier alpha value is -3.07. The summed E-state index contributed by atoms with van der Waals surface area (Å²) in [6.45, 7) is 0.264. The second-order valence-corrected chi connectivity index (χ2v) is 5.46. The Bertz CT molecular complexity index is 995. The zero-order valence-corrected chi connectivity index (χ0v) is 12.5. The quantitative estimate of drug-likeness (QED) is 0.558. The average molecular weight is 301 g/mol. The molecule has 3 heteroatoms. The molecule has 4 rings (SSSR count). The highest BCUT2D eigenvalue weighted by molar-refractivity contribution is 6.04. The lowest BCUT2D eigenvalue weighted by molar-refractivity contribution is 0.0477. The van der Waals surface area contributed by atoms with Gasteiger partial charge in [0.1, 0.15) is 6.61 Å². The Balaban J connectivity index is 1.60. The van der Waals surface area contributed by atoms with Crippen molar-refractivity contribution in [3.05, 3.63) is 84.1 Å². The van der Waals surface area contributed by atoms with Gasteiger partial charge in [-0.25, -0.2) is 4.79 Å². The lowest BCUT2D eigenvalue weighted by Gasteiger charge is -2.07. The fourth-order valence-electron chi connectivity index (χ4n) is 2.88. The van der Waals surface area contributed by atoms with E-state index in [1.165, 1.54) is 0 Å². The monoisotopic (exact) mass is 301 g/mol. The lowest BCUT2D eigenvalue weighted by Crippen LogP contribution is -2.04. The predicted molar refractivity (Wildman–Crippen MR) is 91.4 cm³/mol. The van der Waals surface area contributed by atoms with Crippen molar-refractivity contribution < 1.29 is 9.53 Å². The molecule has 23 heavy (non-hydrogen) atoms. The van der Waals surface area contributed by atoms with Gasteiger partial charge in [-0.1, -0.05) is 60.7 Å². The molecule has 3 aromatic carbocycles. The molecule has 0 aliphatic rings. The Labute approximate surface area is 133 Å². The molecule has 0 saturated heterocycles. The number of aromatic amines is 1. The van der Waals surface area contributed by atoms with Crippen molar-refractivity contribution >= 4 is 27.6 Å². The Kier molecular flexibility index (Phi) is 3.31. The zero-order chi connectivity index (χ0) is 15.6. The number of H-pyrrole nitrogens is 1. The van der Waals surface area contributed by atoms with E-state index in [-0.39, 0.29) is 12.6 Å². The maximum Gasteiger partial charge on any atom is 0.340 e. The van der Waals surface area contributed by atoms with Gasteiger partial charge in [0.25, 0.3) is 0 Å². The van der Waals surface area contributed by atoms with E-state index in [2.05, 4.69) is 17.1 Å². The largest absolute Gasteiger partial charge is 0.457 e. The molecular formula is C20H15NO2. The number of benzene rings is 3. The summed E-state index contributed by atoms with van der Waals surface area (Å²) in [6.07, 6.45) is 1.70. The lowest BCUT2D eigenvalue weighted by atomic mass is 10.1. The molecule has 0 aliphatic carbocycles. The van der Waals surface area contributed by atoms with Crippen molar-refractivity contribution in [3.63, 3.8) is 0 Å². The number of carbonyl (C=O) groups excluding carboxylic acids is 1. The van der Waals surface area contributed by atoms with E-state index >= 15 is 0 Å². The van der Waals surface area contributed by atoms with Crippen molar-refractivity contribution in [3.8, 4) is 0 Å². The van der Waals surface area contributed by atoms with Crippen LogP contribution in [0.4, 0.5) is 0 Å². The molecule has 0 fully saturated rings. The summed E-state index contributed by atoms with van der Waals surface area (Å²) in [4.78, 5) is 15.5. The minimum atomic E-state index is -0.310. The Morgan fingerprint density at radius 1 is 0.870 bits per heavy atom. The van der Waals surface area contributed by atoms with Crippen LogP contribution in [-0.4, -0.2) is 11.0 Å². The molecule has 112 valence electrons. The summed E-state index contributed by atoms with van der Waals surface area (Å²) >= 11 is 0. The fourth-order valence-corrected chi connectivity index (χ4v) is 2.88. The van der Waals surface area contributed by atoms with Crippen LogP contribution < -0.4 is 0 Å². The van der Waals surface area contributed by atoms with E-state index in [9.17, 15) is 4.79 Å². The van der Waals surface area contributed by atoms with Crippen LogP contribution in [0.15, 0.2) is 72.9 Å². The standard InChI is InChI=1S/C20H15NO2/c22-20(18-12-21-19-11-4-3-10-17(18)19)23-13-15-8-5-7-14-6-1-2-9-16(14)15/h1-12,21H,13H2. The van der Waals surface area contributed by atoms with E-state index in [1.807, 2.05) is 54.6 Å². The Morgan fingerprint density at radius 3 is 2.52 bits per heavy atom. The first-order valence-corrected chi connectivity index (χ1v) is 7.53. The molecule has 0 bridgehead atoms. The van der Waals surface area contributed by atoms with Gasteiger partial charge in [-0.05, 0) is 22.4 Å². The first-order chi connectivity index (χ1) is 11.3. The molecule has 1 N–H and O–H groups in total. The highest BCUT2D eigenvalue weighted by Crippen LogP contribution is 2.21. The van der Waals surface area contributed by atoms with Gasteiger partial charge < -0.3 is 9.72 Å². The molecule has 0 unspecified atom stereocenters. The maximum atomic E-state index is 12.4. The summed E-state index contributed by atoms with van der Waals surface area (Å²) < 4.78 is 5.53. The van der Waals surface area contributed by atoms with Crippen LogP contribution in [0.5, 0.6) is 0 Å². The van der Waals surface area contributed by atoms with Crippen LogP contribution in [0.2, 0.25) is 0 Å². The minimum absolute atomic E-state index is 0.264. The molecule has 0 aliphatic heterocycles. The fraction of sp³-hybridized carbons (Fsp3) is 0.0500. The highest BCUT2D eigenvalue weighted by atomic mass is 16.5. The van der Waals surface area contributed by atoms with Gasteiger partial charge in [0.05, 0.1) is 5.56 Å². The topological polar surface area (TPSA) is 42.1 Å². The predicted octanol–water partition coefficient (Wildman–Crippen LogP) is 4.68. The smallest absolute Gasteiger partial charge is 0.340 e. The maximum absolute atomic E-state index is 12.4. The van der Waals surface area contributed by atoms with Crippen LogP contribution in [0.25, 0.3) is 21.7 Å². The number of carbonyl (C=O) groups is 1. The van der Waals surface area contributed by atoms with Crippen LogP contribution in [0.3, 0.4) is 0 Å². The van der Waals surface area contributed by atoms with Crippen molar-refractivity contribution in [2.24, 2.45) is 0 Å². The zero-order valence-electron chi connectivity index (χ0n) is 12.5. The minimum Gasteiger partial charge on any atom is -0.457 e. The number of nitrogens with one attached hydrogen (secondary N) is 1.